The summed E-state index contributed by atoms with van der Waals surface area (Å²) in [5.41, 5.74) is 1.28. The van der Waals surface area contributed by atoms with Crippen LogP contribution in [0, 0.1) is 10.1 Å². The van der Waals surface area contributed by atoms with Crippen LogP contribution in [0.2, 0.25) is 0 Å². The maximum atomic E-state index is 12.5. The number of aryl methyl sites for hydroxylation is 1. The van der Waals surface area contributed by atoms with E-state index in [2.05, 4.69) is 5.32 Å². The number of carbonyl (C=O) groups is 3. The number of rotatable bonds is 7. The third-order valence-corrected chi connectivity index (χ3v) is 4.41. The molecule has 0 bridgehead atoms. The number of anilines is 1. The van der Waals surface area contributed by atoms with Gasteiger partial charge in [-0.15, -0.1) is 0 Å². The van der Waals surface area contributed by atoms with Crippen LogP contribution in [-0.4, -0.2) is 42.4 Å². The Morgan fingerprint density at radius 2 is 2.10 bits per heavy atom. The molecule has 2 heterocycles. The topological polar surface area (TPSA) is 132 Å². The van der Waals surface area contributed by atoms with E-state index in [0.717, 1.165) is 0 Å². The van der Waals surface area contributed by atoms with Gasteiger partial charge in [-0.1, -0.05) is 0 Å². The molecule has 152 valence electrons. The fourth-order valence-corrected chi connectivity index (χ4v) is 3.02. The lowest BCUT2D eigenvalue weighted by atomic mass is 10.0. The van der Waals surface area contributed by atoms with Crippen molar-refractivity contribution in [1.29, 1.82) is 0 Å². The van der Waals surface area contributed by atoms with Gasteiger partial charge in [0.1, 0.15) is 0 Å². The lowest BCUT2D eigenvalue weighted by Gasteiger charge is -2.29. The van der Waals surface area contributed by atoms with Crippen molar-refractivity contribution in [3.63, 3.8) is 0 Å². The van der Waals surface area contributed by atoms with Crippen LogP contribution in [0.1, 0.15) is 29.0 Å². The molecule has 3 rings (SSSR count). The molecule has 1 N–H and O–H groups in total. The second-order valence-electron chi connectivity index (χ2n) is 6.36. The van der Waals surface area contributed by atoms with E-state index in [1.807, 2.05) is 0 Å². The number of nitrogens with zero attached hydrogens (tertiary/aromatic N) is 2. The minimum absolute atomic E-state index is 0.0268. The Balaban J connectivity index is 1.48. The molecule has 0 aliphatic carbocycles. The normalized spacial score (nSPS) is 12.8. The van der Waals surface area contributed by atoms with Crippen molar-refractivity contribution in [1.82, 2.24) is 5.32 Å². The quantitative estimate of drug-likeness (QED) is 0.425. The molecule has 0 fully saturated rings. The Morgan fingerprint density at radius 1 is 1.28 bits per heavy atom. The number of hydrogen-bond acceptors (Lipinski definition) is 7. The fraction of sp³-hybridized carbons (Fsp3) is 0.316. The smallest absolute Gasteiger partial charge is 0.308 e. The fourth-order valence-electron chi connectivity index (χ4n) is 3.02. The molecule has 10 nitrogen and oxygen atoms in total. The Morgan fingerprint density at radius 3 is 2.83 bits per heavy atom. The number of esters is 1. The number of amides is 2. The second-order valence-corrected chi connectivity index (χ2v) is 6.36. The molecule has 0 saturated carbocycles. The monoisotopic (exact) mass is 401 g/mol. The summed E-state index contributed by atoms with van der Waals surface area (Å²) in [5.74, 6) is -1.35. The standard InChI is InChI=1S/C19H19N3O7/c23-17(12-29-18(24)7-8-20-19(25)16-4-2-10-28-16)21-9-1-3-13-11-14(22(26)27)5-6-15(13)21/h2,4-6,10-11H,1,3,7-9,12H2,(H,20,25). The van der Waals surface area contributed by atoms with Crippen molar-refractivity contribution >= 4 is 29.2 Å². The number of nitro benzene ring substituents is 1. The number of fused-ring (bicyclic) bond motifs is 1. The molecule has 2 amide bonds. The van der Waals surface area contributed by atoms with Crippen molar-refractivity contribution in [2.24, 2.45) is 0 Å². The zero-order valence-electron chi connectivity index (χ0n) is 15.5. The molecule has 1 aliphatic rings. The highest BCUT2D eigenvalue weighted by molar-refractivity contribution is 5.96. The predicted molar refractivity (Wildman–Crippen MR) is 100 cm³/mol. The molecule has 0 atom stereocenters. The summed E-state index contributed by atoms with van der Waals surface area (Å²) < 4.78 is 9.93. The van der Waals surface area contributed by atoms with Crippen LogP contribution >= 0.6 is 0 Å². The number of nitrogens with one attached hydrogen (secondary N) is 1. The lowest BCUT2D eigenvalue weighted by Crippen LogP contribution is -2.38. The van der Waals surface area contributed by atoms with Gasteiger partial charge in [0.2, 0.25) is 0 Å². The molecule has 10 heteroatoms. The second kappa shape index (κ2) is 9.00. The highest BCUT2D eigenvalue weighted by atomic mass is 16.6. The Hall–Kier alpha value is -3.69. The van der Waals surface area contributed by atoms with Crippen molar-refractivity contribution in [3.05, 3.63) is 58.0 Å². The molecule has 0 saturated heterocycles. The molecule has 0 radical (unpaired) electrons. The van der Waals surface area contributed by atoms with Gasteiger partial charge in [0.05, 0.1) is 17.6 Å². The van der Waals surface area contributed by atoms with Crippen LogP contribution in [0.15, 0.2) is 41.0 Å². The zero-order valence-corrected chi connectivity index (χ0v) is 15.5. The van der Waals surface area contributed by atoms with E-state index in [1.165, 1.54) is 35.4 Å². The third-order valence-electron chi connectivity index (χ3n) is 4.41. The average Bonchev–Trinajstić information content (AvgIpc) is 3.26. The van der Waals surface area contributed by atoms with Crippen LogP contribution in [-0.2, 0) is 20.7 Å². The Kier molecular flexibility index (Phi) is 6.22. The summed E-state index contributed by atoms with van der Waals surface area (Å²) in [5, 5.41) is 13.4. The largest absolute Gasteiger partial charge is 0.459 e. The van der Waals surface area contributed by atoms with E-state index < -0.39 is 29.3 Å². The SMILES string of the molecule is O=C(CCNC(=O)c1ccco1)OCC(=O)N1CCCc2cc([N+](=O)[O-])ccc21. The molecule has 2 aromatic rings. The Labute approximate surface area is 165 Å². The predicted octanol–water partition coefficient (Wildman–Crippen LogP) is 1.83. The molecular weight excluding hydrogens is 382 g/mol. The van der Waals surface area contributed by atoms with Gasteiger partial charge in [0.15, 0.2) is 12.4 Å². The minimum atomic E-state index is -0.626. The van der Waals surface area contributed by atoms with Crippen molar-refractivity contribution in [3.8, 4) is 0 Å². The van der Waals surface area contributed by atoms with E-state index in [9.17, 15) is 24.5 Å². The van der Waals surface area contributed by atoms with Crippen molar-refractivity contribution in [2.75, 3.05) is 24.6 Å². The van der Waals surface area contributed by atoms with E-state index in [4.69, 9.17) is 9.15 Å². The number of furan rings is 1. The highest BCUT2D eigenvalue weighted by Crippen LogP contribution is 2.30. The first-order valence-electron chi connectivity index (χ1n) is 9.00. The molecule has 29 heavy (non-hydrogen) atoms. The number of carbonyl (C=O) groups excluding carboxylic acids is 3. The van der Waals surface area contributed by atoms with Gasteiger partial charge < -0.3 is 19.4 Å². The van der Waals surface area contributed by atoms with Crippen LogP contribution in [0.3, 0.4) is 0 Å². The van der Waals surface area contributed by atoms with Crippen LogP contribution in [0.5, 0.6) is 0 Å². The van der Waals surface area contributed by atoms with E-state index in [1.54, 1.807) is 6.07 Å². The minimum Gasteiger partial charge on any atom is -0.459 e. The summed E-state index contributed by atoms with van der Waals surface area (Å²) in [7, 11) is 0. The van der Waals surface area contributed by atoms with E-state index in [0.29, 0.717) is 30.6 Å². The molecule has 1 aromatic heterocycles. The molecule has 0 unspecified atom stereocenters. The molecular formula is C19H19N3O7. The summed E-state index contributed by atoms with van der Waals surface area (Å²) in [4.78, 5) is 47.9. The maximum absolute atomic E-state index is 12.5. The highest BCUT2D eigenvalue weighted by Gasteiger charge is 2.25. The Bertz CT molecular complexity index is 924. The van der Waals surface area contributed by atoms with Crippen molar-refractivity contribution in [2.45, 2.75) is 19.3 Å². The molecule has 1 aromatic carbocycles. The summed E-state index contributed by atoms with van der Waals surface area (Å²) in [6.45, 7) is 0.0462. The lowest BCUT2D eigenvalue weighted by molar-refractivity contribution is -0.384. The molecule has 1 aliphatic heterocycles. The maximum Gasteiger partial charge on any atom is 0.308 e. The van der Waals surface area contributed by atoms with Gasteiger partial charge in [-0.3, -0.25) is 24.5 Å². The van der Waals surface area contributed by atoms with E-state index >= 15 is 0 Å². The molecule has 0 spiro atoms. The van der Waals surface area contributed by atoms with Gasteiger partial charge >= 0.3 is 5.97 Å². The summed E-state index contributed by atoms with van der Waals surface area (Å²) in [6, 6.07) is 7.42. The zero-order chi connectivity index (χ0) is 20.8. The average molecular weight is 401 g/mol. The first-order chi connectivity index (χ1) is 14.0. The van der Waals surface area contributed by atoms with Gasteiger partial charge in [-0.05, 0) is 36.6 Å². The number of ether oxygens (including phenoxy) is 1. The first-order valence-corrected chi connectivity index (χ1v) is 9.00. The van der Waals surface area contributed by atoms with Crippen LogP contribution in [0.25, 0.3) is 0 Å². The number of hydrogen-bond donors (Lipinski definition) is 1. The number of benzene rings is 1. The van der Waals surface area contributed by atoms with Gasteiger partial charge in [-0.25, -0.2) is 0 Å². The van der Waals surface area contributed by atoms with Crippen LogP contribution < -0.4 is 10.2 Å². The number of non-ortho nitro benzene ring substituents is 1. The van der Waals surface area contributed by atoms with E-state index in [-0.39, 0.29) is 24.4 Å². The summed E-state index contributed by atoms with van der Waals surface area (Å²) in [6.07, 6.45) is 2.57. The summed E-state index contributed by atoms with van der Waals surface area (Å²) >= 11 is 0. The van der Waals surface area contributed by atoms with Crippen LogP contribution in [0.4, 0.5) is 11.4 Å². The number of nitro groups is 1. The van der Waals surface area contributed by atoms with Gasteiger partial charge in [-0.2, -0.15) is 0 Å². The third kappa shape index (κ3) is 4.98. The van der Waals surface area contributed by atoms with Crippen molar-refractivity contribution < 1.29 is 28.5 Å². The first kappa shape index (κ1) is 20.1. The van der Waals surface area contributed by atoms with Gasteiger partial charge in [0.25, 0.3) is 17.5 Å². The van der Waals surface area contributed by atoms with Gasteiger partial charge in [0, 0.05) is 30.9 Å².